The summed E-state index contributed by atoms with van der Waals surface area (Å²) in [6, 6.07) is 9.14. The first-order chi connectivity index (χ1) is 12.4. The van der Waals surface area contributed by atoms with Crippen molar-refractivity contribution >= 4 is 11.1 Å². The van der Waals surface area contributed by atoms with E-state index in [0.717, 1.165) is 5.92 Å². The lowest BCUT2D eigenvalue weighted by atomic mass is 9.74. The molecular formula is C24H29N. The molecule has 1 aromatic carbocycles. The van der Waals surface area contributed by atoms with Crippen LogP contribution in [0.4, 0.5) is 0 Å². The van der Waals surface area contributed by atoms with E-state index in [1.807, 2.05) is 0 Å². The van der Waals surface area contributed by atoms with E-state index in [-0.39, 0.29) is 0 Å². The molecule has 1 heteroatoms. The van der Waals surface area contributed by atoms with Crippen LogP contribution >= 0.6 is 0 Å². The molecule has 1 nitrogen and oxygen atoms in total. The summed E-state index contributed by atoms with van der Waals surface area (Å²) >= 11 is 0. The Hall–Kier alpha value is -1.60. The number of piperidine rings is 1. The molecule has 0 amide bonds. The summed E-state index contributed by atoms with van der Waals surface area (Å²) < 4.78 is 0. The molecule has 0 saturated carbocycles. The van der Waals surface area contributed by atoms with Gasteiger partial charge in [-0.2, -0.15) is 0 Å². The highest BCUT2D eigenvalue weighted by atomic mass is 15.1. The van der Waals surface area contributed by atoms with Crippen molar-refractivity contribution in [3.05, 3.63) is 58.0 Å². The molecule has 1 saturated heterocycles. The largest absolute Gasteiger partial charge is 0.303 e. The molecule has 1 unspecified atom stereocenters. The molecule has 1 aliphatic heterocycles. The summed E-state index contributed by atoms with van der Waals surface area (Å²) in [6.07, 6.45) is 15.6. The van der Waals surface area contributed by atoms with Gasteiger partial charge in [0.1, 0.15) is 0 Å². The Kier molecular flexibility index (Phi) is 4.13. The second kappa shape index (κ2) is 6.61. The second-order valence-corrected chi connectivity index (χ2v) is 8.24. The maximum absolute atomic E-state index is 2.70. The zero-order valence-corrected chi connectivity index (χ0v) is 15.3. The molecule has 1 aromatic rings. The van der Waals surface area contributed by atoms with Crippen LogP contribution in [0.1, 0.15) is 51.4 Å². The third-order valence-electron chi connectivity index (χ3n) is 6.73. The lowest BCUT2D eigenvalue weighted by Gasteiger charge is -2.32. The van der Waals surface area contributed by atoms with Gasteiger partial charge in [-0.3, -0.25) is 0 Å². The Bertz CT molecular complexity index is 848. The average molecular weight is 332 g/mol. The van der Waals surface area contributed by atoms with Crippen molar-refractivity contribution in [2.45, 2.75) is 51.4 Å². The zero-order valence-electron chi connectivity index (χ0n) is 15.3. The number of benzene rings is 1. The van der Waals surface area contributed by atoms with E-state index < -0.39 is 0 Å². The van der Waals surface area contributed by atoms with E-state index >= 15 is 0 Å². The van der Waals surface area contributed by atoms with Gasteiger partial charge in [-0.05, 0) is 97.7 Å². The fraction of sp³-hybridized carbons (Fsp3) is 0.500. The number of hydrogen-bond donors (Lipinski definition) is 0. The monoisotopic (exact) mass is 331 g/mol. The van der Waals surface area contributed by atoms with Gasteiger partial charge >= 0.3 is 0 Å². The minimum atomic E-state index is 0.772. The number of nitrogens with zero attached hydrogens (tertiary/aromatic N) is 1. The molecule has 3 aliphatic carbocycles. The number of rotatable bonds is 4. The number of hydrogen-bond acceptors (Lipinski definition) is 1. The first-order valence-electron chi connectivity index (χ1n) is 10.4. The van der Waals surface area contributed by atoms with Gasteiger partial charge in [0.05, 0.1) is 0 Å². The Morgan fingerprint density at radius 3 is 2.72 bits per heavy atom. The van der Waals surface area contributed by atoms with Crippen molar-refractivity contribution in [2.24, 2.45) is 5.92 Å². The molecule has 0 spiro atoms. The van der Waals surface area contributed by atoms with E-state index in [0.29, 0.717) is 0 Å². The van der Waals surface area contributed by atoms with Crippen LogP contribution in [0.3, 0.4) is 0 Å². The summed E-state index contributed by atoms with van der Waals surface area (Å²) in [7, 11) is 0. The molecule has 4 aliphatic rings. The first kappa shape index (κ1) is 15.6. The number of fused-ring (bicyclic) bond motifs is 1. The highest BCUT2D eigenvalue weighted by Gasteiger charge is 2.32. The minimum absolute atomic E-state index is 0.772. The Labute approximate surface area is 151 Å². The van der Waals surface area contributed by atoms with Gasteiger partial charge in [-0.25, -0.2) is 0 Å². The maximum Gasteiger partial charge on any atom is -0.00185 e. The van der Waals surface area contributed by atoms with Crippen molar-refractivity contribution in [2.75, 3.05) is 19.6 Å². The van der Waals surface area contributed by atoms with E-state index in [2.05, 4.69) is 41.3 Å². The lowest BCUT2D eigenvalue weighted by molar-refractivity contribution is 0.221. The third kappa shape index (κ3) is 2.73. The Morgan fingerprint density at radius 1 is 1.00 bits per heavy atom. The second-order valence-electron chi connectivity index (χ2n) is 8.24. The van der Waals surface area contributed by atoms with Crippen molar-refractivity contribution in [3.63, 3.8) is 0 Å². The summed E-state index contributed by atoms with van der Waals surface area (Å²) in [5.74, 6) is 0.772. The van der Waals surface area contributed by atoms with Crippen LogP contribution in [0.15, 0.2) is 47.6 Å². The van der Waals surface area contributed by atoms with Crippen LogP contribution in [0.2, 0.25) is 0 Å². The Balaban J connectivity index is 1.42. The van der Waals surface area contributed by atoms with Gasteiger partial charge in [0.2, 0.25) is 0 Å². The molecule has 0 N–H and O–H groups in total. The first-order valence-corrected chi connectivity index (χ1v) is 10.4. The number of allylic oxidation sites excluding steroid dienone is 4. The molecule has 1 heterocycles. The van der Waals surface area contributed by atoms with Gasteiger partial charge in [0.15, 0.2) is 0 Å². The minimum Gasteiger partial charge on any atom is -0.303 e. The molecule has 0 bridgehead atoms. The quantitative estimate of drug-likeness (QED) is 0.808. The maximum atomic E-state index is 2.70. The fourth-order valence-electron chi connectivity index (χ4n) is 5.52. The molecule has 25 heavy (non-hydrogen) atoms. The van der Waals surface area contributed by atoms with Crippen LogP contribution < -0.4 is 10.4 Å². The molecule has 1 atom stereocenters. The normalized spacial score (nSPS) is 25.4. The lowest BCUT2D eigenvalue weighted by Crippen LogP contribution is -2.31. The number of likely N-dealkylation sites (tertiary alicyclic amines) is 1. The van der Waals surface area contributed by atoms with Gasteiger partial charge < -0.3 is 4.90 Å². The van der Waals surface area contributed by atoms with Gasteiger partial charge in [-0.15, -0.1) is 0 Å². The van der Waals surface area contributed by atoms with Crippen LogP contribution in [-0.4, -0.2) is 24.5 Å². The van der Waals surface area contributed by atoms with Crippen molar-refractivity contribution in [1.82, 2.24) is 4.90 Å². The molecule has 0 aromatic heterocycles. The van der Waals surface area contributed by atoms with Crippen molar-refractivity contribution in [3.8, 4) is 0 Å². The highest BCUT2D eigenvalue weighted by molar-refractivity contribution is 5.96. The van der Waals surface area contributed by atoms with Crippen LogP contribution in [-0.2, 0) is 0 Å². The predicted octanol–water partition coefficient (Wildman–Crippen LogP) is 3.93. The standard InChI is InChI=1S/C24H29N/c1-4-15-25(16-5-1)17-7-9-19-14-13-18-8-6-12-22-20-10-2-3-11-21(20)24(19)23(18)22/h2-3,6,10-12,19H,1,4-5,7-9,13-17H2. The summed E-state index contributed by atoms with van der Waals surface area (Å²) in [6.45, 7) is 3.98. The highest BCUT2D eigenvalue weighted by Crippen LogP contribution is 2.45. The fourth-order valence-corrected chi connectivity index (χ4v) is 5.52. The topological polar surface area (TPSA) is 3.24 Å². The van der Waals surface area contributed by atoms with Crippen molar-refractivity contribution < 1.29 is 0 Å². The summed E-state index contributed by atoms with van der Waals surface area (Å²) in [5, 5.41) is 3.03. The van der Waals surface area contributed by atoms with E-state index in [9.17, 15) is 0 Å². The predicted molar refractivity (Wildman–Crippen MR) is 106 cm³/mol. The van der Waals surface area contributed by atoms with E-state index in [1.165, 1.54) is 81.8 Å². The van der Waals surface area contributed by atoms with Crippen LogP contribution in [0.5, 0.6) is 0 Å². The van der Waals surface area contributed by atoms with Gasteiger partial charge in [0, 0.05) is 0 Å². The summed E-state index contributed by atoms with van der Waals surface area (Å²) in [5.41, 5.74) is 6.58. The Morgan fingerprint density at radius 2 is 1.84 bits per heavy atom. The molecule has 1 fully saturated rings. The summed E-state index contributed by atoms with van der Waals surface area (Å²) in [4.78, 5) is 2.70. The SMILES string of the molecule is C1=CC2=c3ccccc3=C3C2=C(C1)CCC3CCCN1CCCCC1. The third-order valence-corrected chi connectivity index (χ3v) is 6.73. The molecule has 130 valence electrons. The smallest absolute Gasteiger partial charge is 0.00185 e. The molecule has 0 radical (unpaired) electrons. The van der Waals surface area contributed by atoms with Crippen LogP contribution in [0, 0.1) is 5.92 Å². The van der Waals surface area contributed by atoms with Gasteiger partial charge in [-0.1, -0.05) is 48.4 Å². The van der Waals surface area contributed by atoms with E-state index in [4.69, 9.17) is 0 Å². The molecule has 5 rings (SSSR count). The molecular weight excluding hydrogens is 302 g/mol. The van der Waals surface area contributed by atoms with Gasteiger partial charge in [0.25, 0.3) is 0 Å². The zero-order chi connectivity index (χ0) is 16.6. The van der Waals surface area contributed by atoms with E-state index in [1.54, 1.807) is 21.9 Å². The van der Waals surface area contributed by atoms with Crippen LogP contribution in [0.25, 0.3) is 11.1 Å². The average Bonchev–Trinajstić information content (AvgIpc) is 3.01. The van der Waals surface area contributed by atoms with Crippen molar-refractivity contribution in [1.29, 1.82) is 0 Å².